The van der Waals surface area contributed by atoms with E-state index in [9.17, 15) is 18.0 Å². The second kappa shape index (κ2) is 8.87. The number of carbonyl (C=O) groups is 2. The monoisotopic (exact) mass is 394 g/mol. The van der Waals surface area contributed by atoms with E-state index in [1.807, 2.05) is 32.9 Å². The lowest BCUT2D eigenvalue weighted by Gasteiger charge is -2.19. The van der Waals surface area contributed by atoms with Gasteiger partial charge in [0.1, 0.15) is 0 Å². The molecule has 150 valence electrons. The third-order valence-corrected chi connectivity index (χ3v) is 7.42. The lowest BCUT2D eigenvalue weighted by molar-refractivity contribution is -0.132. The number of hydrogen-bond donors (Lipinski definition) is 1. The molecule has 1 aromatic rings. The van der Waals surface area contributed by atoms with Crippen molar-refractivity contribution in [1.82, 2.24) is 4.90 Å². The molecule has 2 rings (SSSR count). The molecule has 0 bridgehead atoms. The van der Waals surface area contributed by atoms with Crippen molar-refractivity contribution in [2.24, 2.45) is 0 Å². The van der Waals surface area contributed by atoms with Crippen molar-refractivity contribution in [2.45, 2.75) is 58.1 Å². The summed E-state index contributed by atoms with van der Waals surface area (Å²) in [6.07, 6.45) is 3.20. The highest BCUT2D eigenvalue weighted by molar-refractivity contribution is 7.92. The number of nitrogens with zero attached hydrogens (tertiary/aromatic N) is 1. The number of hydrogen-bond acceptors (Lipinski definition) is 4. The van der Waals surface area contributed by atoms with E-state index >= 15 is 0 Å². The number of nitrogens with one attached hydrogen (secondary N) is 1. The molecule has 1 saturated carbocycles. The van der Waals surface area contributed by atoms with Crippen LogP contribution in [0.25, 0.3) is 0 Å². The summed E-state index contributed by atoms with van der Waals surface area (Å²) in [6, 6.07) is 3.98. The molecule has 1 fully saturated rings. The van der Waals surface area contributed by atoms with Crippen LogP contribution >= 0.6 is 0 Å². The van der Waals surface area contributed by atoms with E-state index in [-0.39, 0.29) is 35.8 Å². The molecular formula is C20H30N2O4S. The van der Waals surface area contributed by atoms with Crippen molar-refractivity contribution in [3.63, 3.8) is 0 Å². The number of benzene rings is 1. The quantitative estimate of drug-likeness (QED) is 0.771. The van der Waals surface area contributed by atoms with Gasteiger partial charge in [-0.15, -0.1) is 0 Å². The van der Waals surface area contributed by atoms with Gasteiger partial charge in [0.05, 0.1) is 17.5 Å². The van der Waals surface area contributed by atoms with Crippen molar-refractivity contribution < 1.29 is 18.0 Å². The number of amides is 2. The van der Waals surface area contributed by atoms with Gasteiger partial charge in [-0.3, -0.25) is 9.59 Å². The van der Waals surface area contributed by atoms with Crippen molar-refractivity contribution in [3.8, 4) is 0 Å². The summed E-state index contributed by atoms with van der Waals surface area (Å²) in [7, 11) is -1.70. The first-order valence-corrected chi connectivity index (χ1v) is 11.1. The van der Waals surface area contributed by atoms with Crippen molar-refractivity contribution in [2.75, 3.05) is 24.7 Å². The average molecular weight is 395 g/mol. The zero-order valence-electron chi connectivity index (χ0n) is 16.7. The lowest BCUT2D eigenvalue weighted by Crippen LogP contribution is -2.36. The molecule has 1 aliphatic rings. The van der Waals surface area contributed by atoms with Gasteiger partial charge in [0.2, 0.25) is 11.8 Å². The van der Waals surface area contributed by atoms with Gasteiger partial charge in [-0.25, -0.2) is 8.42 Å². The minimum absolute atomic E-state index is 0.0782. The molecule has 0 aromatic heterocycles. The van der Waals surface area contributed by atoms with Crippen LogP contribution in [0.2, 0.25) is 0 Å². The average Bonchev–Trinajstić information content (AvgIpc) is 3.11. The molecule has 0 atom stereocenters. The van der Waals surface area contributed by atoms with E-state index in [0.29, 0.717) is 12.8 Å². The Morgan fingerprint density at radius 2 is 1.67 bits per heavy atom. The van der Waals surface area contributed by atoms with Crippen LogP contribution in [0.1, 0.15) is 48.8 Å². The Morgan fingerprint density at radius 3 is 2.22 bits per heavy atom. The first-order valence-electron chi connectivity index (χ1n) is 9.43. The number of rotatable bonds is 7. The summed E-state index contributed by atoms with van der Waals surface area (Å²) in [5, 5.41) is 2.56. The Morgan fingerprint density at radius 1 is 1.11 bits per heavy atom. The number of likely N-dealkylation sites (N-methyl/N-ethyl adjacent to an activating group) is 1. The molecule has 2 amide bonds. The van der Waals surface area contributed by atoms with Gasteiger partial charge in [0.25, 0.3) is 0 Å². The van der Waals surface area contributed by atoms with E-state index < -0.39 is 9.84 Å². The van der Waals surface area contributed by atoms with Gasteiger partial charge < -0.3 is 10.2 Å². The second-order valence-electron chi connectivity index (χ2n) is 7.60. The van der Waals surface area contributed by atoms with Crippen LogP contribution in [0.3, 0.4) is 0 Å². The zero-order valence-corrected chi connectivity index (χ0v) is 17.5. The van der Waals surface area contributed by atoms with E-state index in [2.05, 4.69) is 5.32 Å². The number of aryl methyl sites for hydroxylation is 3. The van der Waals surface area contributed by atoms with Crippen molar-refractivity contribution in [1.29, 1.82) is 0 Å². The molecule has 7 heteroatoms. The molecule has 6 nitrogen and oxygen atoms in total. The van der Waals surface area contributed by atoms with E-state index in [4.69, 9.17) is 0 Å². The second-order valence-corrected chi connectivity index (χ2v) is 10.00. The Hall–Kier alpha value is -1.89. The summed E-state index contributed by atoms with van der Waals surface area (Å²) in [5.41, 5.74) is 3.82. The van der Waals surface area contributed by atoms with Crippen LogP contribution in [0.4, 0.5) is 5.69 Å². The highest BCUT2D eigenvalue weighted by Crippen LogP contribution is 2.25. The van der Waals surface area contributed by atoms with Crippen LogP contribution in [-0.2, 0) is 19.4 Å². The molecular weight excluding hydrogens is 364 g/mol. The minimum atomic E-state index is -3.23. The number of carbonyl (C=O) groups excluding carboxylic acids is 2. The highest BCUT2D eigenvalue weighted by atomic mass is 32.2. The van der Waals surface area contributed by atoms with Crippen LogP contribution in [0.5, 0.6) is 0 Å². The van der Waals surface area contributed by atoms with Gasteiger partial charge >= 0.3 is 0 Å². The van der Waals surface area contributed by atoms with Crippen molar-refractivity contribution in [3.05, 3.63) is 28.8 Å². The van der Waals surface area contributed by atoms with Crippen LogP contribution in [-0.4, -0.2) is 49.7 Å². The molecule has 1 aliphatic carbocycles. The normalized spacial score (nSPS) is 15.0. The van der Waals surface area contributed by atoms with Crippen LogP contribution < -0.4 is 5.32 Å². The Labute approximate surface area is 162 Å². The van der Waals surface area contributed by atoms with Gasteiger partial charge in [-0.1, -0.05) is 30.5 Å². The standard InChI is InChI=1S/C20H30N2O4S/c1-14-11-15(2)20(16(3)12-14)21-18(23)13-22(4)19(24)9-10-27(25,26)17-7-5-6-8-17/h11-12,17H,5-10,13H2,1-4H3,(H,21,23). The number of sulfone groups is 1. The lowest BCUT2D eigenvalue weighted by atomic mass is 10.1. The molecule has 0 heterocycles. The summed E-state index contributed by atoms with van der Waals surface area (Å²) >= 11 is 0. The maximum Gasteiger partial charge on any atom is 0.243 e. The van der Waals surface area contributed by atoms with E-state index in [0.717, 1.165) is 35.2 Å². The predicted molar refractivity (Wildman–Crippen MR) is 108 cm³/mol. The van der Waals surface area contributed by atoms with Gasteiger partial charge in [0, 0.05) is 19.2 Å². The number of anilines is 1. The maximum atomic E-state index is 12.3. The first kappa shape index (κ1) is 21.4. The summed E-state index contributed by atoms with van der Waals surface area (Å²) < 4.78 is 24.6. The predicted octanol–water partition coefficient (Wildman–Crippen LogP) is 2.76. The Bertz CT molecular complexity index is 788. The molecule has 0 unspecified atom stereocenters. The van der Waals surface area contributed by atoms with Crippen LogP contribution in [0.15, 0.2) is 12.1 Å². The third kappa shape index (κ3) is 5.79. The summed E-state index contributed by atoms with van der Waals surface area (Å²) in [4.78, 5) is 25.8. The fourth-order valence-corrected chi connectivity index (χ4v) is 5.54. The topological polar surface area (TPSA) is 83.6 Å². The fourth-order valence-electron chi connectivity index (χ4n) is 3.69. The molecule has 1 N–H and O–H groups in total. The van der Waals surface area contributed by atoms with Gasteiger partial charge in [0.15, 0.2) is 9.84 Å². The molecule has 27 heavy (non-hydrogen) atoms. The maximum absolute atomic E-state index is 12.3. The Kier molecular flexibility index (Phi) is 7.03. The first-order chi connectivity index (χ1) is 12.6. The molecule has 0 aliphatic heterocycles. The third-order valence-electron chi connectivity index (χ3n) is 5.16. The highest BCUT2D eigenvalue weighted by Gasteiger charge is 2.29. The van der Waals surface area contributed by atoms with Crippen molar-refractivity contribution >= 4 is 27.3 Å². The van der Waals surface area contributed by atoms with Gasteiger partial charge in [-0.2, -0.15) is 0 Å². The molecule has 0 radical (unpaired) electrons. The Balaban J connectivity index is 1.87. The summed E-state index contributed by atoms with van der Waals surface area (Å²) in [5.74, 6) is -0.762. The van der Waals surface area contributed by atoms with E-state index in [1.54, 1.807) is 0 Å². The fraction of sp³-hybridized carbons (Fsp3) is 0.600. The molecule has 1 aromatic carbocycles. The SMILES string of the molecule is Cc1cc(C)c(NC(=O)CN(C)C(=O)CCS(=O)(=O)C2CCCC2)c(C)c1. The molecule has 0 spiro atoms. The zero-order chi connectivity index (χ0) is 20.2. The minimum Gasteiger partial charge on any atom is -0.336 e. The molecule has 0 saturated heterocycles. The largest absolute Gasteiger partial charge is 0.336 e. The van der Waals surface area contributed by atoms with E-state index in [1.165, 1.54) is 11.9 Å². The smallest absolute Gasteiger partial charge is 0.243 e. The summed E-state index contributed by atoms with van der Waals surface area (Å²) in [6.45, 7) is 5.75. The van der Waals surface area contributed by atoms with Crippen LogP contribution in [0, 0.1) is 20.8 Å². The van der Waals surface area contributed by atoms with Gasteiger partial charge in [-0.05, 0) is 44.7 Å².